The van der Waals surface area contributed by atoms with Crippen molar-refractivity contribution in [1.29, 1.82) is 0 Å². The van der Waals surface area contributed by atoms with E-state index < -0.39 is 5.97 Å². The molecule has 4 aromatic rings. The highest BCUT2D eigenvalue weighted by Gasteiger charge is 2.45. The van der Waals surface area contributed by atoms with Crippen LogP contribution in [0.2, 0.25) is 0 Å². The second kappa shape index (κ2) is 7.79. The van der Waals surface area contributed by atoms with E-state index in [1.54, 1.807) is 17.4 Å². The molecule has 33 heavy (non-hydrogen) atoms. The fourth-order valence-electron chi connectivity index (χ4n) is 5.07. The molecule has 2 fully saturated rings. The normalized spacial score (nSPS) is 17.7. The van der Waals surface area contributed by atoms with E-state index in [9.17, 15) is 4.79 Å². The maximum atomic E-state index is 15.0. The zero-order valence-corrected chi connectivity index (χ0v) is 18.9. The van der Waals surface area contributed by atoms with Crippen molar-refractivity contribution in [2.24, 2.45) is 5.92 Å². The van der Waals surface area contributed by atoms with Crippen LogP contribution < -0.4 is 0 Å². The van der Waals surface area contributed by atoms with Crippen molar-refractivity contribution < 1.29 is 14.3 Å². The summed E-state index contributed by atoms with van der Waals surface area (Å²) in [6, 6.07) is 24.9. The maximum absolute atomic E-state index is 15.0. The van der Waals surface area contributed by atoms with Crippen molar-refractivity contribution in [3.05, 3.63) is 95.3 Å². The molecule has 1 aliphatic carbocycles. The van der Waals surface area contributed by atoms with Crippen molar-refractivity contribution in [2.45, 2.75) is 24.8 Å². The van der Waals surface area contributed by atoms with E-state index in [0.717, 1.165) is 10.4 Å². The van der Waals surface area contributed by atoms with Crippen LogP contribution in [0.25, 0.3) is 20.5 Å². The standard InChI is InChI=1S/C28H24FNO2S/c29-24-12-18(15-30-16-20(17-30)27(31)32)6-8-23(24)26-14-19-13-22(7-9-25(19)33-26)28(10-11-28)21-4-2-1-3-5-21/h1-9,12-14,20H,10-11,15-17H2,(H,31,32). The van der Waals surface area contributed by atoms with E-state index in [-0.39, 0.29) is 17.2 Å². The molecule has 3 nitrogen and oxygen atoms in total. The fourth-order valence-corrected chi connectivity index (χ4v) is 6.14. The first kappa shape index (κ1) is 20.6. The Morgan fingerprint density at radius 1 is 1.00 bits per heavy atom. The number of carboxylic acid groups (broad SMARTS) is 1. The molecule has 1 N–H and O–H groups in total. The summed E-state index contributed by atoms with van der Waals surface area (Å²) in [6.45, 7) is 1.64. The van der Waals surface area contributed by atoms with Crippen LogP contribution in [0, 0.1) is 11.7 Å². The summed E-state index contributed by atoms with van der Waals surface area (Å²) >= 11 is 1.62. The van der Waals surface area contributed by atoms with Crippen molar-refractivity contribution in [3.8, 4) is 10.4 Å². The van der Waals surface area contributed by atoms with Crippen LogP contribution in [0.15, 0.2) is 72.8 Å². The molecule has 0 radical (unpaired) electrons. The van der Waals surface area contributed by atoms with Crippen molar-refractivity contribution in [2.75, 3.05) is 13.1 Å². The third kappa shape index (κ3) is 3.65. The number of halogens is 1. The zero-order chi connectivity index (χ0) is 22.6. The zero-order valence-electron chi connectivity index (χ0n) is 18.1. The summed E-state index contributed by atoms with van der Waals surface area (Å²) in [5.41, 5.74) is 4.34. The first-order chi connectivity index (χ1) is 16.0. The molecule has 3 aromatic carbocycles. The second-order valence-corrected chi connectivity index (χ2v) is 10.4. The number of benzene rings is 3. The number of nitrogens with zero attached hydrogens (tertiary/aromatic N) is 1. The van der Waals surface area contributed by atoms with E-state index in [1.165, 1.54) is 34.1 Å². The first-order valence-corrected chi connectivity index (χ1v) is 12.2. The Labute approximate surface area is 196 Å². The average molecular weight is 458 g/mol. The van der Waals surface area contributed by atoms with Crippen LogP contribution >= 0.6 is 11.3 Å². The third-order valence-electron chi connectivity index (χ3n) is 7.16. The first-order valence-electron chi connectivity index (χ1n) is 11.4. The number of likely N-dealkylation sites (tertiary alicyclic amines) is 1. The predicted molar refractivity (Wildman–Crippen MR) is 130 cm³/mol. The van der Waals surface area contributed by atoms with Crippen molar-refractivity contribution >= 4 is 27.4 Å². The molecule has 1 saturated carbocycles. The molecule has 5 heteroatoms. The minimum Gasteiger partial charge on any atom is -0.481 e. The number of carboxylic acids is 1. The molecular formula is C28H24FNO2S. The van der Waals surface area contributed by atoms with E-state index in [1.807, 2.05) is 17.0 Å². The number of rotatable bonds is 6. The van der Waals surface area contributed by atoms with Crippen molar-refractivity contribution in [1.82, 2.24) is 4.90 Å². The van der Waals surface area contributed by atoms with Crippen LogP contribution in [0.1, 0.15) is 29.5 Å². The molecule has 0 spiro atoms. The molecule has 6 rings (SSSR count). The summed E-state index contributed by atoms with van der Waals surface area (Å²) in [7, 11) is 0. The van der Waals surface area contributed by atoms with Gasteiger partial charge in [0, 0.05) is 40.2 Å². The van der Waals surface area contributed by atoms with Gasteiger partial charge in [0.25, 0.3) is 0 Å². The van der Waals surface area contributed by atoms with Gasteiger partial charge in [-0.05, 0) is 59.2 Å². The van der Waals surface area contributed by atoms with Crippen LogP contribution in [-0.2, 0) is 16.8 Å². The Morgan fingerprint density at radius 3 is 2.48 bits per heavy atom. The highest BCUT2D eigenvalue weighted by Crippen LogP contribution is 2.54. The molecule has 0 unspecified atom stereocenters. The van der Waals surface area contributed by atoms with Gasteiger partial charge in [-0.3, -0.25) is 9.69 Å². The molecule has 1 aliphatic heterocycles. The smallest absolute Gasteiger partial charge is 0.309 e. The van der Waals surface area contributed by atoms with E-state index >= 15 is 4.39 Å². The minimum absolute atomic E-state index is 0.126. The quantitative estimate of drug-likeness (QED) is 0.369. The van der Waals surface area contributed by atoms with Gasteiger partial charge in [0.15, 0.2) is 0 Å². The lowest BCUT2D eigenvalue weighted by molar-refractivity contribution is -0.147. The SMILES string of the molecule is O=C(O)C1CN(Cc2ccc(-c3cc4cc(C5(c6ccccc6)CC5)ccc4s3)c(F)c2)C1. The molecule has 2 heterocycles. The summed E-state index contributed by atoms with van der Waals surface area (Å²) in [5.74, 6) is -1.27. The predicted octanol–water partition coefficient (Wildman–Crippen LogP) is 6.30. The molecule has 1 saturated heterocycles. The Bertz CT molecular complexity index is 1350. The average Bonchev–Trinajstić information content (AvgIpc) is 3.49. The Balaban J connectivity index is 1.25. The molecule has 0 bridgehead atoms. The van der Waals surface area contributed by atoms with Gasteiger partial charge < -0.3 is 5.11 Å². The van der Waals surface area contributed by atoms with Crippen LogP contribution in [0.5, 0.6) is 0 Å². The molecular weight excluding hydrogens is 433 g/mol. The largest absolute Gasteiger partial charge is 0.481 e. The number of aliphatic carboxylic acids is 1. The lowest BCUT2D eigenvalue weighted by Crippen LogP contribution is -2.49. The Morgan fingerprint density at radius 2 is 1.79 bits per heavy atom. The van der Waals surface area contributed by atoms with Crippen LogP contribution in [0.4, 0.5) is 4.39 Å². The highest BCUT2D eigenvalue weighted by atomic mass is 32.1. The lowest BCUT2D eigenvalue weighted by atomic mass is 9.87. The second-order valence-electron chi connectivity index (χ2n) is 9.35. The minimum atomic E-state index is -0.753. The summed E-state index contributed by atoms with van der Waals surface area (Å²) in [4.78, 5) is 13.9. The summed E-state index contributed by atoms with van der Waals surface area (Å²) < 4.78 is 16.2. The molecule has 0 amide bonds. The van der Waals surface area contributed by atoms with Gasteiger partial charge in [0.05, 0.1) is 5.92 Å². The van der Waals surface area contributed by atoms with E-state index in [0.29, 0.717) is 25.2 Å². The number of thiophene rings is 1. The van der Waals surface area contributed by atoms with Crippen LogP contribution in [0.3, 0.4) is 0 Å². The van der Waals surface area contributed by atoms with E-state index in [4.69, 9.17) is 5.11 Å². The number of hydrogen-bond donors (Lipinski definition) is 1. The molecule has 1 aromatic heterocycles. The van der Waals surface area contributed by atoms with Gasteiger partial charge in [0.2, 0.25) is 0 Å². The number of fused-ring (bicyclic) bond motifs is 1. The summed E-state index contributed by atoms with van der Waals surface area (Å²) in [5, 5.41) is 10.2. The topological polar surface area (TPSA) is 40.5 Å². The Hall–Kier alpha value is -3.02. The number of hydrogen-bond acceptors (Lipinski definition) is 3. The van der Waals surface area contributed by atoms with Gasteiger partial charge in [0.1, 0.15) is 5.82 Å². The van der Waals surface area contributed by atoms with Crippen LogP contribution in [-0.4, -0.2) is 29.1 Å². The number of carbonyl (C=O) groups is 1. The van der Waals surface area contributed by atoms with Gasteiger partial charge in [-0.2, -0.15) is 0 Å². The fraction of sp³-hybridized carbons (Fsp3) is 0.250. The van der Waals surface area contributed by atoms with Gasteiger partial charge >= 0.3 is 5.97 Å². The maximum Gasteiger partial charge on any atom is 0.309 e. The van der Waals surface area contributed by atoms with Gasteiger partial charge in [-0.1, -0.05) is 48.5 Å². The third-order valence-corrected chi connectivity index (χ3v) is 8.31. The highest BCUT2D eigenvalue weighted by molar-refractivity contribution is 7.22. The van der Waals surface area contributed by atoms with Gasteiger partial charge in [-0.25, -0.2) is 4.39 Å². The molecule has 166 valence electrons. The summed E-state index contributed by atoms with van der Waals surface area (Å²) in [6.07, 6.45) is 2.33. The van der Waals surface area contributed by atoms with Gasteiger partial charge in [-0.15, -0.1) is 11.3 Å². The Kier molecular flexibility index (Phi) is 4.86. The molecule has 2 aliphatic rings. The van der Waals surface area contributed by atoms with E-state index in [2.05, 4.69) is 54.6 Å². The monoisotopic (exact) mass is 457 g/mol. The lowest BCUT2D eigenvalue weighted by Gasteiger charge is -2.36. The van der Waals surface area contributed by atoms with Crippen molar-refractivity contribution in [3.63, 3.8) is 0 Å². The molecule has 0 atom stereocenters.